The third-order valence-corrected chi connectivity index (χ3v) is 4.09. The van der Waals surface area contributed by atoms with Crippen molar-refractivity contribution < 1.29 is 4.79 Å². The maximum Gasteiger partial charge on any atom is 0.316 e. The lowest BCUT2D eigenvalue weighted by Gasteiger charge is -2.29. The first-order valence-corrected chi connectivity index (χ1v) is 8.71. The van der Waals surface area contributed by atoms with Crippen LogP contribution in [0.2, 0.25) is 0 Å². The SMILES string of the molecule is CCCCCNC(=O)NC1C=CC2=C(C=C(/C(=C/NN)CN)CN2)N1. The maximum atomic E-state index is 11.9. The van der Waals surface area contributed by atoms with Crippen molar-refractivity contribution in [2.24, 2.45) is 11.6 Å². The molecule has 0 saturated heterocycles. The summed E-state index contributed by atoms with van der Waals surface area (Å²) in [7, 11) is 0. The number of carbonyl (C=O) groups is 1. The number of dihydropyridines is 2. The zero-order valence-corrected chi connectivity index (χ0v) is 14.7. The monoisotopic (exact) mass is 347 g/mol. The molecule has 0 aromatic carbocycles. The zero-order chi connectivity index (χ0) is 18.1. The highest BCUT2D eigenvalue weighted by Crippen LogP contribution is 2.19. The van der Waals surface area contributed by atoms with Gasteiger partial charge in [0.2, 0.25) is 0 Å². The van der Waals surface area contributed by atoms with Crippen molar-refractivity contribution in [1.82, 2.24) is 26.7 Å². The smallest absolute Gasteiger partial charge is 0.316 e. The van der Waals surface area contributed by atoms with Crippen LogP contribution in [0.4, 0.5) is 4.79 Å². The molecule has 9 N–H and O–H groups in total. The number of carbonyl (C=O) groups excluding carboxylic acids is 1. The van der Waals surface area contributed by atoms with E-state index in [-0.39, 0.29) is 12.2 Å². The molecule has 2 heterocycles. The molecule has 8 heteroatoms. The molecule has 2 aliphatic heterocycles. The van der Waals surface area contributed by atoms with Gasteiger partial charge < -0.3 is 32.4 Å². The van der Waals surface area contributed by atoms with E-state index in [2.05, 4.69) is 33.6 Å². The predicted molar refractivity (Wildman–Crippen MR) is 99.7 cm³/mol. The first kappa shape index (κ1) is 18.9. The van der Waals surface area contributed by atoms with E-state index in [4.69, 9.17) is 11.6 Å². The fraction of sp³-hybridized carbons (Fsp3) is 0.471. The highest BCUT2D eigenvalue weighted by molar-refractivity contribution is 5.74. The molecule has 2 aliphatic rings. The summed E-state index contributed by atoms with van der Waals surface area (Å²) >= 11 is 0. The van der Waals surface area contributed by atoms with E-state index in [1.54, 1.807) is 6.20 Å². The largest absolute Gasteiger partial charge is 0.379 e. The van der Waals surface area contributed by atoms with Crippen molar-refractivity contribution in [3.05, 3.63) is 47.0 Å². The number of nitrogens with two attached hydrogens (primary N) is 2. The molecule has 0 aromatic heterocycles. The molecule has 0 aliphatic carbocycles. The Morgan fingerprint density at radius 1 is 1.40 bits per heavy atom. The Morgan fingerprint density at radius 3 is 2.96 bits per heavy atom. The summed E-state index contributed by atoms with van der Waals surface area (Å²) in [6.45, 7) is 3.88. The minimum atomic E-state index is -0.264. The molecular weight excluding hydrogens is 318 g/mol. The Kier molecular flexibility index (Phi) is 7.36. The van der Waals surface area contributed by atoms with E-state index in [0.29, 0.717) is 19.6 Å². The van der Waals surface area contributed by atoms with Crippen LogP contribution >= 0.6 is 0 Å². The minimum absolute atomic E-state index is 0.176. The molecule has 138 valence electrons. The standard InChI is InChI=1S/C17H29N7O/c1-2-3-4-7-20-17(25)24-16-6-5-14-15(23-16)8-12(10-21-14)13(9-18)11-22-19/h5-6,8,11,16,21-23H,2-4,7,9-10,18-19H2,1H3,(H2,20,24,25)/b13-11+. The Hall–Kier alpha value is -2.45. The van der Waals surface area contributed by atoms with Crippen molar-refractivity contribution in [3.8, 4) is 0 Å². The van der Waals surface area contributed by atoms with Crippen LogP contribution in [-0.4, -0.2) is 31.8 Å². The highest BCUT2D eigenvalue weighted by Gasteiger charge is 2.20. The first-order chi connectivity index (χ1) is 12.2. The molecule has 8 nitrogen and oxygen atoms in total. The van der Waals surface area contributed by atoms with Gasteiger partial charge in [0, 0.05) is 25.8 Å². The summed E-state index contributed by atoms with van der Waals surface area (Å²) in [6.07, 6.45) is 10.6. The van der Waals surface area contributed by atoms with Crippen LogP contribution in [0.5, 0.6) is 0 Å². The first-order valence-electron chi connectivity index (χ1n) is 8.71. The van der Waals surface area contributed by atoms with Crippen LogP contribution in [0.3, 0.4) is 0 Å². The van der Waals surface area contributed by atoms with Crippen molar-refractivity contribution in [2.45, 2.75) is 32.4 Å². The third-order valence-electron chi connectivity index (χ3n) is 4.09. The lowest BCUT2D eigenvalue weighted by atomic mass is 10.0. The average Bonchev–Trinajstić information content (AvgIpc) is 2.62. The normalized spacial score (nSPS) is 19.4. The van der Waals surface area contributed by atoms with E-state index in [9.17, 15) is 4.79 Å². The molecule has 1 unspecified atom stereocenters. The number of urea groups is 1. The Labute approximate surface area is 148 Å². The number of rotatable bonds is 8. The average molecular weight is 347 g/mol. The number of hydrazine groups is 1. The quantitative estimate of drug-likeness (QED) is 0.188. The molecule has 0 aromatic rings. The van der Waals surface area contributed by atoms with Gasteiger partial charge in [0.1, 0.15) is 6.17 Å². The molecule has 25 heavy (non-hydrogen) atoms. The Balaban J connectivity index is 1.92. The van der Waals surface area contributed by atoms with Gasteiger partial charge in [0.15, 0.2) is 0 Å². The number of allylic oxidation sites excluding steroid dienone is 2. The van der Waals surface area contributed by atoms with Crippen molar-refractivity contribution in [1.29, 1.82) is 0 Å². The fourth-order valence-electron chi connectivity index (χ4n) is 2.71. The van der Waals surface area contributed by atoms with E-state index in [1.807, 2.05) is 18.2 Å². The third kappa shape index (κ3) is 5.54. The van der Waals surface area contributed by atoms with Gasteiger partial charge in [-0.15, -0.1) is 0 Å². The molecule has 0 radical (unpaired) electrons. The predicted octanol–water partition coefficient (Wildman–Crippen LogP) is 0.00840. The van der Waals surface area contributed by atoms with Gasteiger partial charge in [0.25, 0.3) is 0 Å². The number of hydrogen-bond donors (Lipinski definition) is 7. The Bertz CT molecular complexity index is 592. The maximum absolute atomic E-state index is 11.9. The molecule has 2 rings (SSSR count). The molecule has 0 saturated carbocycles. The lowest BCUT2D eigenvalue weighted by molar-refractivity contribution is 0.237. The van der Waals surface area contributed by atoms with Gasteiger partial charge in [-0.05, 0) is 35.8 Å². The number of unbranched alkanes of at least 4 members (excludes halogenated alkanes) is 2. The van der Waals surface area contributed by atoms with Gasteiger partial charge >= 0.3 is 6.03 Å². The second-order valence-electron chi connectivity index (χ2n) is 5.98. The lowest BCUT2D eigenvalue weighted by Crippen LogP contribution is -2.50. The fourth-order valence-corrected chi connectivity index (χ4v) is 2.71. The summed E-state index contributed by atoms with van der Waals surface area (Å²) in [5.74, 6) is 5.36. The summed E-state index contributed by atoms with van der Waals surface area (Å²) in [5, 5.41) is 12.4. The molecule has 0 fully saturated rings. The molecular formula is C17H29N7O. The van der Waals surface area contributed by atoms with E-state index in [1.165, 1.54) is 0 Å². The zero-order valence-electron chi connectivity index (χ0n) is 14.7. The minimum Gasteiger partial charge on any atom is -0.379 e. The Morgan fingerprint density at radius 2 is 2.24 bits per heavy atom. The number of hydrogen-bond acceptors (Lipinski definition) is 6. The second-order valence-corrected chi connectivity index (χ2v) is 5.98. The molecule has 0 spiro atoms. The topological polar surface area (TPSA) is 129 Å². The summed E-state index contributed by atoms with van der Waals surface area (Å²) < 4.78 is 0. The van der Waals surface area contributed by atoms with Crippen LogP contribution in [0.25, 0.3) is 0 Å². The van der Waals surface area contributed by atoms with Crippen molar-refractivity contribution in [3.63, 3.8) is 0 Å². The van der Waals surface area contributed by atoms with Crippen LogP contribution < -0.4 is 38.3 Å². The van der Waals surface area contributed by atoms with E-state index in [0.717, 1.165) is 41.8 Å². The van der Waals surface area contributed by atoms with Crippen molar-refractivity contribution >= 4 is 6.03 Å². The van der Waals surface area contributed by atoms with Gasteiger partial charge in [-0.3, -0.25) is 5.84 Å². The highest BCUT2D eigenvalue weighted by atomic mass is 16.2. The summed E-state index contributed by atoms with van der Waals surface area (Å²) in [5.41, 5.74) is 12.2. The van der Waals surface area contributed by atoms with Crippen LogP contribution in [0, 0.1) is 0 Å². The number of nitrogens with one attached hydrogen (secondary N) is 5. The number of amides is 2. The molecule has 2 amide bonds. The summed E-state index contributed by atoms with van der Waals surface area (Å²) in [6, 6.07) is -0.176. The van der Waals surface area contributed by atoms with Gasteiger partial charge in [-0.25, -0.2) is 4.79 Å². The van der Waals surface area contributed by atoms with E-state index >= 15 is 0 Å². The summed E-state index contributed by atoms with van der Waals surface area (Å²) in [4.78, 5) is 11.9. The van der Waals surface area contributed by atoms with Gasteiger partial charge in [0.05, 0.1) is 11.4 Å². The molecule has 0 bridgehead atoms. The van der Waals surface area contributed by atoms with Crippen LogP contribution in [-0.2, 0) is 0 Å². The molecule has 1 atom stereocenters. The van der Waals surface area contributed by atoms with Crippen molar-refractivity contribution in [2.75, 3.05) is 19.6 Å². The van der Waals surface area contributed by atoms with Gasteiger partial charge in [-0.2, -0.15) is 0 Å². The van der Waals surface area contributed by atoms with Crippen LogP contribution in [0.1, 0.15) is 26.2 Å². The van der Waals surface area contributed by atoms with Crippen LogP contribution in [0.15, 0.2) is 47.0 Å². The van der Waals surface area contributed by atoms with Gasteiger partial charge in [-0.1, -0.05) is 19.8 Å². The second kappa shape index (κ2) is 9.75. The van der Waals surface area contributed by atoms with E-state index < -0.39 is 0 Å².